The summed E-state index contributed by atoms with van der Waals surface area (Å²) in [6, 6.07) is 15.8. The van der Waals surface area contributed by atoms with E-state index in [0.717, 1.165) is 5.56 Å². The zero-order valence-electron chi connectivity index (χ0n) is 15.8. The van der Waals surface area contributed by atoms with Crippen LogP contribution in [0.5, 0.6) is 11.5 Å². The number of carbonyl (C=O) groups excluding carboxylic acids is 1. The molecule has 0 aromatic heterocycles. The molecule has 148 valence electrons. The van der Waals surface area contributed by atoms with E-state index in [0.29, 0.717) is 36.8 Å². The minimum absolute atomic E-state index is 0. The second kappa shape index (κ2) is 8.67. The Morgan fingerprint density at radius 3 is 2.71 bits per heavy atom. The van der Waals surface area contributed by atoms with Crippen LogP contribution >= 0.6 is 12.4 Å². The van der Waals surface area contributed by atoms with Gasteiger partial charge in [0, 0.05) is 30.6 Å². The van der Waals surface area contributed by atoms with Crippen LogP contribution in [-0.4, -0.2) is 43.2 Å². The zero-order chi connectivity index (χ0) is 18.8. The van der Waals surface area contributed by atoms with Gasteiger partial charge < -0.3 is 20.1 Å². The van der Waals surface area contributed by atoms with Crippen LogP contribution in [0.15, 0.2) is 54.1 Å². The molecule has 1 fully saturated rings. The molecular weight excluding hydrogens is 376 g/mol. The van der Waals surface area contributed by atoms with Crippen molar-refractivity contribution in [3.8, 4) is 11.5 Å². The van der Waals surface area contributed by atoms with Crippen LogP contribution in [0.2, 0.25) is 0 Å². The van der Waals surface area contributed by atoms with E-state index in [2.05, 4.69) is 12.1 Å². The van der Waals surface area contributed by atoms with Gasteiger partial charge in [-0.05, 0) is 24.6 Å². The van der Waals surface area contributed by atoms with Crippen molar-refractivity contribution in [2.24, 2.45) is 5.73 Å². The summed E-state index contributed by atoms with van der Waals surface area (Å²) in [5, 5.41) is 0. The fourth-order valence-electron chi connectivity index (χ4n) is 3.82. The van der Waals surface area contributed by atoms with Gasteiger partial charge >= 0.3 is 0 Å². The molecule has 1 amide bonds. The molecule has 2 atom stereocenters. The smallest absolute Gasteiger partial charge is 0.253 e. The molecule has 0 bridgehead atoms. The summed E-state index contributed by atoms with van der Waals surface area (Å²) in [4.78, 5) is 14.9. The second-order valence-electron chi connectivity index (χ2n) is 6.96. The number of hydrogen-bond acceptors (Lipinski definition) is 4. The minimum atomic E-state index is -0.0571. The maximum Gasteiger partial charge on any atom is 0.253 e. The van der Waals surface area contributed by atoms with Gasteiger partial charge in [-0.3, -0.25) is 4.79 Å². The molecule has 2 heterocycles. The van der Waals surface area contributed by atoms with Gasteiger partial charge in [-0.2, -0.15) is 0 Å². The van der Waals surface area contributed by atoms with Crippen molar-refractivity contribution in [3.63, 3.8) is 0 Å². The highest BCUT2D eigenvalue weighted by atomic mass is 35.5. The number of fused-ring (bicyclic) bond motifs is 1. The number of nitrogens with zero attached hydrogens (tertiary/aromatic N) is 1. The second-order valence-corrected chi connectivity index (χ2v) is 6.96. The third kappa shape index (κ3) is 3.86. The molecule has 0 aliphatic carbocycles. The van der Waals surface area contributed by atoms with Crippen molar-refractivity contribution >= 4 is 24.4 Å². The van der Waals surface area contributed by atoms with Gasteiger partial charge in [0.25, 0.3) is 5.91 Å². The van der Waals surface area contributed by atoms with Crippen molar-refractivity contribution < 1.29 is 14.3 Å². The molecule has 2 aromatic carbocycles. The first-order chi connectivity index (χ1) is 13.2. The SMILES string of the molecule is CCOc1cccc2c1OCC(C(=O)N1C[C@@H](N)[C@H](c3ccccc3)C1)=C2.Cl. The van der Waals surface area contributed by atoms with Gasteiger partial charge in [0.05, 0.1) is 12.2 Å². The number of likely N-dealkylation sites (tertiary alicyclic amines) is 1. The Hall–Kier alpha value is -2.50. The van der Waals surface area contributed by atoms with Gasteiger partial charge in [-0.25, -0.2) is 0 Å². The minimum Gasteiger partial charge on any atom is -0.490 e. The molecule has 4 rings (SSSR count). The summed E-state index contributed by atoms with van der Waals surface area (Å²) in [5.41, 5.74) is 9.04. The lowest BCUT2D eigenvalue weighted by Crippen LogP contribution is -2.34. The van der Waals surface area contributed by atoms with E-state index >= 15 is 0 Å². The summed E-state index contributed by atoms with van der Waals surface area (Å²) in [5.74, 6) is 1.58. The number of benzene rings is 2. The van der Waals surface area contributed by atoms with Crippen LogP contribution in [0.25, 0.3) is 6.08 Å². The number of halogens is 1. The number of carbonyl (C=O) groups is 1. The van der Waals surface area contributed by atoms with Crippen LogP contribution in [0, 0.1) is 0 Å². The van der Waals surface area contributed by atoms with Crippen LogP contribution in [0.3, 0.4) is 0 Å². The molecule has 5 nitrogen and oxygen atoms in total. The van der Waals surface area contributed by atoms with E-state index in [1.165, 1.54) is 5.56 Å². The van der Waals surface area contributed by atoms with Crippen LogP contribution < -0.4 is 15.2 Å². The Balaban J connectivity index is 0.00000225. The highest BCUT2D eigenvalue weighted by Gasteiger charge is 2.35. The van der Waals surface area contributed by atoms with Crippen molar-refractivity contribution in [1.82, 2.24) is 4.90 Å². The zero-order valence-corrected chi connectivity index (χ0v) is 16.7. The maximum atomic E-state index is 13.0. The number of ether oxygens (including phenoxy) is 2. The fourth-order valence-corrected chi connectivity index (χ4v) is 3.82. The Morgan fingerprint density at radius 1 is 1.18 bits per heavy atom. The Bertz CT molecular complexity index is 869. The predicted molar refractivity (Wildman–Crippen MR) is 112 cm³/mol. The van der Waals surface area contributed by atoms with Crippen LogP contribution in [-0.2, 0) is 4.79 Å². The summed E-state index contributed by atoms with van der Waals surface area (Å²) >= 11 is 0. The van der Waals surface area contributed by atoms with E-state index in [1.54, 1.807) is 0 Å². The average molecular weight is 401 g/mol. The topological polar surface area (TPSA) is 64.8 Å². The molecule has 1 saturated heterocycles. The van der Waals surface area contributed by atoms with E-state index in [9.17, 15) is 4.79 Å². The Labute approximate surface area is 171 Å². The first-order valence-corrected chi connectivity index (χ1v) is 9.36. The van der Waals surface area contributed by atoms with Crippen LogP contribution in [0.4, 0.5) is 0 Å². The third-order valence-electron chi connectivity index (χ3n) is 5.17. The third-order valence-corrected chi connectivity index (χ3v) is 5.17. The molecular formula is C22H25ClN2O3. The quantitative estimate of drug-likeness (QED) is 0.855. The molecule has 6 heteroatoms. The number of para-hydroxylation sites is 1. The first-order valence-electron chi connectivity index (χ1n) is 9.36. The maximum absolute atomic E-state index is 13.0. The molecule has 2 aliphatic rings. The summed E-state index contributed by atoms with van der Waals surface area (Å²) in [7, 11) is 0. The van der Waals surface area contributed by atoms with Crippen LogP contribution in [0.1, 0.15) is 24.0 Å². The fraction of sp³-hybridized carbons (Fsp3) is 0.318. The lowest BCUT2D eigenvalue weighted by molar-refractivity contribution is -0.126. The van der Waals surface area contributed by atoms with Crippen molar-refractivity contribution in [2.45, 2.75) is 18.9 Å². The van der Waals surface area contributed by atoms with Gasteiger partial charge in [0.1, 0.15) is 6.61 Å². The van der Waals surface area contributed by atoms with E-state index in [4.69, 9.17) is 15.2 Å². The first kappa shape index (κ1) is 20.2. The predicted octanol–water partition coefficient (Wildman–Crippen LogP) is 3.24. The Morgan fingerprint density at radius 2 is 1.96 bits per heavy atom. The molecule has 0 radical (unpaired) electrons. The molecule has 2 N–H and O–H groups in total. The lowest BCUT2D eigenvalue weighted by Gasteiger charge is -2.23. The van der Waals surface area contributed by atoms with E-state index in [-0.39, 0.29) is 36.9 Å². The summed E-state index contributed by atoms with van der Waals surface area (Å²) in [6.07, 6.45) is 1.91. The Kier molecular flexibility index (Phi) is 6.27. The van der Waals surface area contributed by atoms with Crippen molar-refractivity contribution in [2.75, 3.05) is 26.3 Å². The van der Waals surface area contributed by atoms with Crippen molar-refractivity contribution in [3.05, 3.63) is 65.2 Å². The molecule has 0 saturated carbocycles. The number of nitrogens with two attached hydrogens (primary N) is 1. The highest BCUT2D eigenvalue weighted by molar-refractivity contribution is 5.99. The standard InChI is InChI=1S/C22H24N2O3.ClH/c1-2-26-20-10-6-9-16-11-17(14-27-21(16)20)22(25)24-12-18(19(23)13-24)15-7-4-3-5-8-15;/h3-11,18-19H,2,12-14,23H2,1H3;1H/t18-,19+;/m0./s1. The van der Waals surface area contributed by atoms with Gasteiger partial charge in [0.2, 0.25) is 0 Å². The number of hydrogen-bond donors (Lipinski definition) is 1. The largest absolute Gasteiger partial charge is 0.490 e. The average Bonchev–Trinajstić information content (AvgIpc) is 3.10. The number of rotatable bonds is 4. The van der Waals surface area contributed by atoms with Gasteiger partial charge in [-0.1, -0.05) is 42.5 Å². The monoisotopic (exact) mass is 400 g/mol. The van der Waals surface area contributed by atoms with Gasteiger partial charge in [-0.15, -0.1) is 12.4 Å². The molecule has 2 aliphatic heterocycles. The summed E-state index contributed by atoms with van der Waals surface area (Å²) < 4.78 is 11.5. The normalized spacial score (nSPS) is 20.5. The number of amides is 1. The molecule has 0 spiro atoms. The molecule has 28 heavy (non-hydrogen) atoms. The van der Waals surface area contributed by atoms with Gasteiger partial charge in [0.15, 0.2) is 11.5 Å². The van der Waals surface area contributed by atoms with E-state index < -0.39 is 0 Å². The molecule has 0 unspecified atom stereocenters. The molecule has 2 aromatic rings. The van der Waals surface area contributed by atoms with E-state index in [1.807, 2.05) is 54.3 Å². The highest BCUT2D eigenvalue weighted by Crippen LogP contribution is 2.36. The van der Waals surface area contributed by atoms with Crippen molar-refractivity contribution in [1.29, 1.82) is 0 Å². The summed E-state index contributed by atoms with van der Waals surface area (Å²) in [6.45, 7) is 3.95. The lowest BCUT2D eigenvalue weighted by atomic mass is 9.95.